The molecule has 1 atom stereocenters. The fraction of sp³-hybridized carbons (Fsp3) is 0.667. The van der Waals surface area contributed by atoms with Crippen molar-refractivity contribution in [1.29, 1.82) is 0 Å². The lowest BCUT2D eigenvalue weighted by Gasteiger charge is -2.32. The van der Waals surface area contributed by atoms with Crippen LogP contribution in [0.15, 0.2) is 24.3 Å². The van der Waals surface area contributed by atoms with E-state index in [9.17, 15) is 0 Å². The largest absolute Gasteiger partial charge is 0.314 e. The van der Waals surface area contributed by atoms with Crippen molar-refractivity contribution in [3.63, 3.8) is 0 Å². The van der Waals surface area contributed by atoms with Crippen molar-refractivity contribution in [2.75, 3.05) is 39.3 Å². The standard InChI is InChI=1S/C18H29N3/c1-15(2)17-5-3-16(4-6-17)13-20-10-7-18(14-20)21-11-8-19-9-12-21/h3-6,15,18-19H,7-14H2,1-2H3. The molecule has 1 unspecified atom stereocenters. The van der Waals surface area contributed by atoms with Gasteiger partial charge in [0.2, 0.25) is 0 Å². The first kappa shape index (κ1) is 15.0. The van der Waals surface area contributed by atoms with E-state index in [1.54, 1.807) is 0 Å². The summed E-state index contributed by atoms with van der Waals surface area (Å²) in [5.41, 5.74) is 2.90. The van der Waals surface area contributed by atoms with Crippen LogP contribution in [0, 0.1) is 0 Å². The van der Waals surface area contributed by atoms with Crippen molar-refractivity contribution in [2.45, 2.75) is 38.8 Å². The molecule has 2 saturated heterocycles. The lowest BCUT2D eigenvalue weighted by atomic mass is 10.0. The van der Waals surface area contributed by atoms with Crippen LogP contribution in [0.1, 0.15) is 37.3 Å². The van der Waals surface area contributed by atoms with Gasteiger partial charge in [-0.2, -0.15) is 0 Å². The first-order valence-electron chi connectivity index (χ1n) is 8.48. The Labute approximate surface area is 129 Å². The van der Waals surface area contributed by atoms with Crippen molar-refractivity contribution in [2.24, 2.45) is 0 Å². The van der Waals surface area contributed by atoms with Crippen LogP contribution in [-0.2, 0) is 6.54 Å². The Morgan fingerprint density at radius 3 is 2.48 bits per heavy atom. The number of benzene rings is 1. The van der Waals surface area contributed by atoms with E-state index in [1.165, 1.54) is 43.7 Å². The number of hydrogen-bond donors (Lipinski definition) is 1. The lowest BCUT2D eigenvalue weighted by Crippen LogP contribution is -2.49. The molecule has 2 fully saturated rings. The van der Waals surface area contributed by atoms with Crippen LogP contribution in [0.4, 0.5) is 0 Å². The molecule has 116 valence electrons. The average Bonchev–Trinajstić information content (AvgIpc) is 2.97. The normalized spacial score (nSPS) is 24.8. The van der Waals surface area contributed by atoms with Crippen molar-refractivity contribution >= 4 is 0 Å². The van der Waals surface area contributed by atoms with Crippen LogP contribution in [0.25, 0.3) is 0 Å². The first-order chi connectivity index (χ1) is 10.2. The quantitative estimate of drug-likeness (QED) is 0.916. The van der Waals surface area contributed by atoms with Gasteiger partial charge in [-0.05, 0) is 23.5 Å². The molecule has 21 heavy (non-hydrogen) atoms. The third-order valence-electron chi connectivity index (χ3n) is 4.97. The molecule has 1 N–H and O–H groups in total. The zero-order valence-electron chi connectivity index (χ0n) is 13.5. The molecule has 0 spiro atoms. The van der Waals surface area contributed by atoms with Gasteiger partial charge < -0.3 is 5.32 Å². The minimum Gasteiger partial charge on any atom is -0.314 e. The molecule has 0 amide bonds. The summed E-state index contributed by atoms with van der Waals surface area (Å²) in [7, 11) is 0. The molecule has 0 aliphatic carbocycles. The molecule has 0 saturated carbocycles. The van der Waals surface area contributed by atoms with E-state index in [0.717, 1.165) is 25.7 Å². The summed E-state index contributed by atoms with van der Waals surface area (Å²) in [6.45, 7) is 12.9. The van der Waals surface area contributed by atoms with Gasteiger partial charge in [0.15, 0.2) is 0 Å². The molecule has 0 aromatic heterocycles. The number of hydrogen-bond acceptors (Lipinski definition) is 3. The summed E-state index contributed by atoms with van der Waals surface area (Å²) < 4.78 is 0. The molecule has 1 aromatic rings. The highest BCUT2D eigenvalue weighted by Crippen LogP contribution is 2.20. The molecule has 2 aliphatic heterocycles. The van der Waals surface area contributed by atoms with Crippen LogP contribution >= 0.6 is 0 Å². The minimum absolute atomic E-state index is 0.628. The Morgan fingerprint density at radius 1 is 1.10 bits per heavy atom. The topological polar surface area (TPSA) is 18.5 Å². The first-order valence-corrected chi connectivity index (χ1v) is 8.48. The monoisotopic (exact) mass is 287 g/mol. The van der Waals surface area contributed by atoms with E-state index in [2.05, 4.69) is 53.2 Å². The molecule has 3 heteroatoms. The molecule has 3 rings (SSSR count). The summed E-state index contributed by atoms with van der Waals surface area (Å²) in [5.74, 6) is 0.628. The second-order valence-electron chi connectivity index (χ2n) is 6.86. The maximum atomic E-state index is 3.45. The van der Waals surface area contributed by atoms with Gasteiger partial charge in [-0.1, -0.05) is 38.1 Å². The second-order valence-corrected chi connectivity index (χ2v) is 6.86. The predicted molar refractivity (Wildman–Crippen MR) is 88.7 cm³/mol. The summed E-state index contributed by atoms with van der Waals surface area (Å²) in [6.07, 6.45) is 1.34. The van der Waals surface area contributed by atoms with E-state index in [4.69, 9.17) is 0 Å². The maximum absolute atomic E-state index is 3.45. The Bertz CT molecular complexity index is 434. The van der Waals surface area contributed by atoms with E-state index in [-0.39, 0.29) is 0 Å². The second kappa shape index (κ2) is 6.91. The van der Waals surface area contributed by atoms with Gasteiger partial charge in [-0.3, -0.25) is 9.80 Å². The van der Waals surface area contributed by atoms with Crippen molar-refractivity contribution < 1.29 is 0 Å². The van der Waals surface area contributed by atoms with Crippen LogP contribution in [0.2, 0.25) is 0 Å². The highest BCUT2D eigenvalue weighted by molar-refractivity contribution is 5.24. The van der Waals surface area contributed by atoms with Gasteiger partial charge in [-0.25, -0.2) is 0 Å². The fourth-order valence-electron chi connectivity index (χ4n) is 3.57. The van der Waals surface area contributed by atoms with Gasteiger partial charge in [0, 0.05) is 51.9 Å². The molecule has 0 radical (unpaired) electrons. The molecule has 0 bridgehead atoms. The van der Waals surface area contributed by atoms with Crippen LogP contribution in [0.3, 0.4) is 0 Å². The molecular weight excluding hydrogens is 258 g/mol. The van der Waals surface area contributed by atoms with Gasteiger partial charge >= 0.3 is 0 Å². The average molecular weight is 287 g/mol. The summed E-state index contributed by atoms with van der Waals surface area (Å²) >= 11 is 0. The highest BCUT2D eigenvalue weighted by atomic mass is 15.3. The Hall–Kier alpha value is -0.900. The number of likely N-dealkylation sites (tertiary alicyclic amines) is 1. The number of rotatable bonds is 4. The highest BCUT2D eigenvalue weighted by Gasteiger charge is 2.28. The number of nitrogens with one attached hydrogen (secondary N) is 1. The Balaban J connectivity index is 1.52. The van der Waals surface area contributed by atoms with E-state index in [1.807, 2.05) is 0 Å². The summed E-state index contributed by atoms with van der Waals surface area (Å²) in [6, 6.07) is 10.00. The van der Waals surface area contributed by atoms with Crippen molar-refractivity contribution in [3.8, 4) is 0 Å². The maximum Gasteiger partial charge on any atom is 0.0236 e. The molecular formula is C18H29N3. The van der Waals surface area contributed by atoms with E-state index in [0.29, 0.717) is 5.92 Å². The minimum atomic E-state index is 0.628. The Kier molecular flexibility index (Phi) is 4.94. The molecule has 3 nitrogen and oxygen atoms in total. The fourth-order valence-corrected chi connectivity index (χ4v) is 3.57. The molecule has 2 aliphatic rings. The van der Waals surface area contributed by atoms with Gasteiger partial charge in [0.1, 0.15) is 0 Å². The summed E-state index contributed by atoms with van der Waals surface area (Å²) in [5, 5.41) is 3.45. The summed E-state index contributed by atoms with van der Waals surface area (Å²) in [4.78, 5) is 5.30. The lowest BCUT2D eigenvalue weighted by molar-refractivity contribution is 0.170. The smallest absolute Gasteiger partial charge is 0.0236 e. The SMILES string of the molecule is CC(C)c1ccc(CN2CCC(N3CCNCC3)C2)cc1. The van der Waals surface area contributed by atoms with Gasteiger partial charge in [0.05, 0.1) is 0 Å². The number of piperazine rings is 1. The van der Waals surface area contributed by atoms with Crippen LogP contribution in [0.5, 0.6) is 0 Å². The third-order valence-corrected chi connectivity index (χ3v) is 4.97. The number of nitrogens with zero attached hydrogens (tertiary/aromatic N) is 2. The van der Waals surface area contributed by atoms with Crippen LogP contribution < -0.4 is 5.32 Å². The third kappa shape index (κ3) is 3.85. The molecule has 1 aromatic carbocycles. The zero-order valence-corrected chi connectivity index (χ0v) is 13.5. The van der Waals surface area contributed by atoms with Crippen LogP contribution in [-0.4, -0.2) is 55.1 Å². The zero-order chi connectivity index (χ0) is 14.7. The molecule has 2 heterocycles. The van der Waals surface area contributed by atoms with Gasteiger partial charge in [0.25, 0.3) is 0 Å². The predicted octanol–water partition coefficient (Wildman–Crippen LogP) is 2.29. The van der Waals surface area contributed by atoms with Crippen molar-refractivity contribution in [3.05, 3.63) is 35.4 Å². The van der Waals surface area contributed by atoms with Crippen molar-refractivity contribution in [1.82, 2.24) is 15.1 Å². The van der Waals surface area contributed by atoms with Gasteiger partial charge in [-0.15, -0.1) is 0 Å². The van der Waals surface area contributed by atoms with E-state index < -0.39 is 0 Å². The Morgan fingerprint density at radius 2 is 1.81 bits per heavy atom. The van der Waals surface area contributed by atoms with E-state index >= 15 is 0 Å².